The number of methoxy groups -OCH3 is 2. The van der Waals surface area contributed by atoms with E-state index >= 15 is 0 Å². The number of carbonyl (C=O) groups excluding carboxylic acids is 1. The van der Waals surface area contributed by atoms with Crippen molar-refractivity contribution in [2.45, 2.75) is 43.5 Å². The molecule has 5 rings (SSSR count). The van der Waals surface area contributed by atoms with E-state index in [9.17, 15) is 14.7 Å². The lowest BCUT2D eigenvalue weighted by Crippen LogP contribution is -2.40. The Hall–Kier alpha value is -5.06. The van der Waals surface area contributed by atoms with E-state index in [0.717, 1.165) is 16.7 Å². The van der Waals surface area contributed by atoms with Gasteiger partial charge in [0.2, 0.25) is 5.91 Å². The number of hydrogen-bond donors (Lipinski definition) is 2. The van der Waals surface area contributed by atoms with Gasteiger partial charge in [0.05, 0.1) is 39.9 Å². The highest BCUT2D eigenvalue weighted by atomic mass is 16.6. The van der Waals surface area contributed by atoms with Crippen LogP contribution in [0.3, 0.4) is 0 Å². The fraction of sp³-hybridized carbons (Fsp3) is 0.314. The molecule has 2 heterocycles. The smallest absolute Gasteiger partial charge is 0.351 e. The first kappa shape index (κ1) is 33.3. The number of hydrogen-bond acceptors (Lipinski definition) is 10. The first-order valence-corrected chi connectivity index (χ1v) is 15.0. The van der Waals surface area contributed by atoms with Crippen LogP contribution in [0, 0.1) is 11.3 Å². The largest absolute Gasteiger partial charge is 0.497 e. The quantitative estimate of drug-likeness (QED) is 0.163. The van der Waals surface area contributed by atoms with Crippen LogP contribution in [0.25, 0.3) is 0 Å². The van der Waals surface area contributed by atoms with Gasteiger partial charge in [-0.3, -0.25) is 9.36 Å². The normalized spacial score (nSPS) is 19.1. The van der Waals surface area contributed by atoms with Gasteiger partial charge in [-0.25, -0.2) is 4.79 Å². The van der Waals surface area contributed by atoms with Crippen LogP contribution in [0.15, 0.2) is 95.9 Å². The Morgan fingerprint density at radius 1 is 0.979 bits per heavy atom. The molecule has 1 unspecified atom stereocenters. The highest BCUT2D eigenvalue weighted by molar-refractivity contribution is 5.87. The molecule has 2 N–H and O–H groups in total. The van der Waals surface area contributed by atoms with E-state index in [2.05, 4.69) is 10.3 Å². The minimum absolute atomic E-state index is 0.00344. The van der Waals surface area contributed by atoms with Crippen LogP contribution in [-0.4, -0.2) is 66.3 Å². The van der Waals surface area contributed by atoms with Crippen LogP contribution in [0.4, 0.5) is 5.82 Å². The Balaban J connectivity index is 1.54. The molecule has 12 heteroatoms. The van der Waals surface area contributed by atoms with Gasteiger partial charge < -0.3 is 34.1 Å². The molecule has 4 atom stereocenters. The maximum absolute atomic E-state index is 13.1. The van der Waals surface area contributed by atoms with E-state index in [1.807, 2.05) is 84.9 Å². The average Bonchev–Trinajstić information content (AvgIpc) is 3.40. The molecule has 1 aliphatic rings. The summed E-state index contributed by atoms with van der Waals surface area (Å²) in [4.78, 5) is 28.5. The van der Waals surface area contributed by atoms with Crippen molar-refractivity contribution in [3.05, 3.63) is 118 Å². The van der Waals surface area contributed by atoms with Gasteiger partial charge in [0, 0.05) is 13.1 Å². The summed E-state index contributed by atoms with van der Waals surface area (Å²) in [6.45, 7) is 1.18. The number of anilines is 1. The van der Waals surface area contributed by atoms with Gasteiger partial charge in [-0.15, -0.1) is 0 Å². The van der Waals surface area contributed by atoms with Gasteiger partial charge in [0.15, 0.2) is 6.23 Å². The number of aromatic nitrogens is 2. The van der Waals surface area contributed by atoms with Crippen molar-refractivity contribution in [2.24, 2.45) is 0 Å². The lowest BCUT2D eigenvalue weighted by atomic mass is 9.80. The molecular formula is C35H36N4O8. The van der Waals surface area contributed by atoms with Crippen LogP contribution in [0.2, 0.25) is 0 Å². The van der Waals surface area contributed by atoms with Crippen molar-refractivity contribution < 1.29 is 33.6 Å². The number of amides is 1. The fourth-order valence-electron chi connectivity index (χ4n) is 5.64. The molecule has 12 nitrogen and oxygen atoms in total. The number of aliphatic hydroxyl groups is 1. The Kier molecular flexibility index (Phi) is 10.6. The molecule has 244 valence electrons. The topological polar surface area (TPSA) is 154 Å². The number of carbonyl (C=O) groups is 1. The van der Waals surface area contributed by atoms with Crippen molar-refractivity contribution >= 4 is 11.7 Å². The number of aliphatic hydroxyl groups excluding tert-OH is 1. The predicted octanol–water partition coefficient (Wildman–Crippen LogP) is 3.78. The zero-order valence-corrected chi connectivity index (χ0v) is 26.2. The summed E-state index contributed by atoms with van der Waals surface area (Å²) in [5.74, 6) is 1.03. The SMILES string of the molecule is COc1ccc(C(OC[C@H]2O[C@@H](n3ccc(NC(C)=O)nc3=O)[C@@H](OCCC#N)C2O)(c2ccccc2)c2ccc(OC)cc2)cc1. The second-order valence-corrected chi connectivity index (χ2v) is 10.8. The third-order valence-corrected chi connectivity index (χ3v) is 7.88. The van der Waals surface area contributed by atoms with E-state index in [4.69, 9.17) is 28.9 Å². The summed E-state index contributed by atoms with van der Waals surface area (Å²) in [6.07, 6.45) is -2.87. The van der Waals surface area contributed by atoms with Crippen LogP contribution >= 0.6 is 0 Å². The van der Waals surface area contributed by atoms with E-state index < -0.39 is 35.8 Å². The molecule has 0 bridgehead atoms. The average molecular weight is 641 g/mol. The van der Waals surface area contributed by atoms with Crippen LogP contribution in [0.1, 0.15) is 36.3 Å². The molecular weight excluding hydrogens is 604 g/mol. The summed E-state index contributed by atoms with van der Waals surface area (Å²) in [5.41, 5.74) is 0.481. The molecule has 0 aliphatic carbocycles. The molecule has 1 saturated heterocycles. The highest BCUT2D eigenvalue weighted by Gasteiger charge is 2.48. The molecule has 1 aromatic heterocycles. The van der Waals surface area contributed by atoms with Crippen LogP contribution in [-0.2, 0) is 24.6 Å². The van der Waals surface area contributed by atoms with Crippen molar-refractivity contribution in [1.82, 2.24) is 9.55 Å². The number of nitrogens with one attached hydrogen (secondary N) is 1. The maximum Gasteiger partial charge on any atom is 0.351 e. The number of benzene rings is 3. The monoisotopic (exact) mass is 640 g/mol. The van der Waals surface area contributed by atoms with Crippen molar-refractivity contribution in [2.75, 3.05) is 32.8 Å². The molecule has 1 aliphatic heterocycles. The van der Waals surface area contributed by atoms with Gasteiger partial charge in [0.1, 0.15) is 41.2 Å². The number of nitriles is 1. The summed E-state index contributed by atoms with van der Waals surface area (Å²) in [5, 5.41) is 23.1. The maximum atomic E-state index is 13.1. The minimum Gasteiger partial charge on any atom is -0.497 e. The predicted molar refractivity (Wildman–Crippen MR) is 171 cm³/mol. The van der Waals surface area contributed by atoms with Gasteiger partial charge in [0.25, 0.3) is 0 Å². The van der Waals surface area contributed by atoms with Crippen molar-refractivity contribution in [1.29, 1.82) is 5.26 Å². The molecule has 4 aromatic rings. The Bertz CT molecular complexity index is 1690. The Morgan fingerprint density at radius 3 is 2.11 bits per heavy atom. The Morgan fingerprint density at radius 2 is 1.57 bits per heavy atom. The fourth-order valence-corrected chi connectivity index (χ4v) is 5.64. The Labute approximate surface area is 272 Å². The third-order valence-electron chi connectivity index (χ3n) is 7.88. The van der Waals surface area contributed by atoms with Crippen LogP contribution < -0.4 is 20.5 Å². The van der Waals surface area contributed by atoms with Gasteiger partial charge in [-0.1, -0.05) is 54.6 Å². The molecule has 0 spiro atoms. The standard InChI is InChI=1S/C35H36N4O8/c1-23(40)37-30-18-20-39(34(42)38-30)33-32(45-21-7-19-36)31(41)29(47-33)22-46-35(24-8-5-4-6-9-24,25-10-14-27(43-2)15-11-25)26-12-16-28(44-3)17-13-26/h4-6,8-18,20,29,31-33,41H,7,21-22H2,1-3H3,(H,37,38,40,42)/t29-,31?,32+,33-/m1/s1. The zero-order valence-electron chi connectivity index (χ0n) is 26.2. The van der Waals surface area contributed by atoms with Gasteiger partial charge in [-0.05, 0) is 47.0 Å². The molecule has 1 fully saturated rings. The second kappa shape index (κ2) is 15.0. The van der Waals surface area contributed by atoms with E-state index in [1.165, 1.54) is 23.8 Å². The van der Waals surface area contributed by atoms with Gasteiger partial charge >= 0.3 is 5.69 Å². The molecule has 47 heavy (non-hydrogen) atoms. The van der Waals surface area contributed by atoms with E-state index in [0.29, 0.717) is 11.5 Å². The third kappa shape index (κ3) is 7.19. The number of rotatable bonds is 13. The summed E-state index contributed by atoms with van der Waals surface area (Å²) in [6, 6.07) is 28.2. The van der Waals surface area contributed by atoms with Crippen molar-refractivity contribution in [3.63, 3.8) is 0 Å². The number of nitrogens with zero attached hydrogens (tertiary/aromatic N) is 3. The first-order chi connectivity index (χ1) is 22.8. The first-order valence-electron chi connectivity index (χ1n) is 15.0. The lowest BCUT2D eigenvalue weighted by molar-refractivity contribution is -0.114. The van der Waals surface area contributed by atoms with E-state index in [-0.39, 0.29) is 31.4 Å². The minimum atomic E-state index is -1.25. The van der Waals surface area contributed by atoms with Crippen LogP contribution in [0.5, 0.6) is 11.5 Å². The highest BCUT2D eigenvalue weighted by Crippen LogP contribution is 2.43. The molecule has 0 saturated carbocycles. The summed E-state index contributed by atoms with van der Waals surface area (Å²) in [7, 11) is 3.19. The summed E-state index contributed by atoms with van der Waals surface area (Å²) >= 11 is 0. The van der Waals surface area contributed by atoms with E-state index in [1.54, 1.807) is 14.2 Å². The van der Waals surface area contributed by atoms with Gasteiger partial charge in [-0.2, -0.15) is 10.2 Å². The van der Waals surface area contributed by atoms with Crippen molar-refractivity contribution in [3.8, 4) is 17.6 Å². The number of ether oxygens (including phenoxy) is 5. The summed E-state index contributed by atoms with van der Waals surface area (Å²) < 4.78 is 31.1. The second-order valence-electron chi connectivity index (χ2n) is 10.8. The molecule has 1 amide bonds. The molecule has 0 radical (unpaired) electrons. The molecule has 3 aromatic carbocycles. The zero-order chi connectivity index (χ0) is 33.4. The lowest BCUT2D eigenvalue weighted by Gasteiger charge is -2.37.